The van der Waals surface area contributed by atoms with Crippen LogP contribution in [0.25, 0.3) is 17.0 Å². The lowest BCUT2D eigenvalue weighted by Crippen LogP contribution is -2.37. The Balaban J connectivity index is 1.24. The predicted molar refractivity (Wildman–Crippen MR) is 132 cm³/mol. The Labute approximate surface area is 204 Å². The molecule has 1 aromatic heterocycles. The first kappa shape index (κ1) is 22.5. The summed E-state index contributed by atoms with van der Waals surface area (Å²) >= 11 is 6.62. The zero-order valence-electron chi connectivity index (χ0n) is 18.2. The average Bonchev–Trinajstić information content (AvgIpc) is 3.52. The van der Waals surface area contributed by atoms with Crippen LogP contribution in [0.2, 0.25) is 0 Å². The van der Waals surface area contributed by atoms with Gasteiger partial charge in [-0.25, -0.2) is 0 Å². The second-order valence-corrected chi connectivity index (χ2v) is 9.22. The number of fused-ring (bicyclic) bond motifs is 2. The maximum atomic E-state index is 12.9. The minimum Gasteiger partial charge on any atom is -0.454 e. The molecule has 174 valence electrons. The Kier molecular flexibility index (Phi) is 6.27. The SMILES string of the molecule is COCc1c(C(=O)NCCN2C(=O)/C(=C\c3ccc4c(c3)OCO4)SC2=S)oc2ccccc12. The molecule has 0 unspecified atom stereocenters. The highest BCUT2D eigenvalue weighted by atomic mass is 32.2. The van der Waals surface area contributed by atoms with Crippen LogP contribution >= 0.6 is 24.0 Å². The van der Waals surface area contributed by atoms with Gasteiger partial charge in [0.2, 0.25) is 6.79 Å². The summed E-state index contributed by atoms with van der Waals surface area (Å²) in [7, 11) is 1.57. The topological polar surface area (TPSA) is 90.2 Å². The van der Waals surface area contributed by atoms with Gasteiger partial charge < -0.3 is 23.9 Å². The third-order valence-electron chi connectivity index (χ3n) is 5.38. The van der Waals surface area contributed by atoms with Crippen LogP contribution in [-0.4, -0.2) is 48.0 Å². The normalized spacial score (nSPS) is 16.1. The lowest BCUT2D eigenvalue weighted by Gasteiger charge is -2.14. The fraction of sp³-hybridized carbons (Fsp3) is 0.208. The van der Waals surface area contributed by atoms with Gasteiger partial charge in [-0.15, -0.1) is 0 Å². The van der Waals surface area contributed by atoms with Crippen LogP contribution in [-0.2, 0) is 16.1 Å². The van der Waals surface area contributed by atoms with Crippen LogP contribution in [0.15, 0.2) is 51.8 Å². The van der Waals surface area contributed by atoms with Gasteiger partial charge in [0.1, 0.15) is 9.90 Å². The standard InChI is InChI=1S/C24H20N2O6S2/c1-29-12-16-15-4-2-3-5-17(15)32-21(16)22(27)25-8-9-26-23(28)20(34-24(26)33)11-14-6-7-18-19(10-14)31-13-30-18/h2-7,10-11H,8-9,12-13H2,1H3,(H,25,27)/b20-11+. The molecule has 3 heterocycles. The number of benzene rings is 2. The zero-order valence-corrected chi connectivity index (χ0v) is 19.8. The molecule has 2 amide bonds. The van der Waals surface area contributed by atoms with Crippen molar-refractivity contribution in [2.75, 3.05) is 27.0 Å². The van der Waals surface area contributed by atoms with E-state index >= 15 is 0 Å². The third kappa shape index (κ3) is 4.27. The van der Waals surface area contributed by atoms with Crippen molar-refractivity contribution < 1.29 is 28.2 Å². The van der Waals surface area contributed by atoms with Crippen LogP contribution in [0.4, 0.5) is 0 Å². The van der Waals surface area contributed by atoms with Gasteiger partial charge in [0.15, 0.2) is 17.3 Å². The van der Waals surface area contributed by atoms with Crippen molar-refractivity contribution in [1.29, 1.82) is 0 Å². The minimum absolute atomic E-state index is 0.188. The molecule has 10 heteroatoms. The molecule has 1 saturated heterocycles. The number of ether oxygens (including phenoxy) is 3. The van der Waals surface area contributed by atoms with Crippen LogP contribution < -0.4 is 14.8 Å². The number of carbonyl (C=O) groups is 2. The molecule has 2 aromatic carbocycles. The zero-order chi connectivity index (χ0) is 23.7. The fourth-order valence-electron chi connectivity index (χ4n) is 3.78. The van der Waals surface area contributed by atoms with E-state index in [0.717, 1.165) is 10.9 Å². The first-order chi connectivity index (χ1) is 16.5. The average molecular weight is 497 g/mol. The number of para-hydroxylation sites is 1. The molecular weight excluding hydrogens is 476 g/mol. The second-order valence-electron chi connectivity index (χ2n) is 7.54. The first-order valence-corrected chi connectivity index (χ1v) is 11.7. The van der Waals surface area contributed by atoms with Crippen LogP contribution in [0.1, 0.15) is 21.7 Å². The maximum absolute atomic E-state index is 12.9. The fourth-order valence-corrected chi connectivity index (χ4v) is 5.09. The van der Waals surface area contributed by atoms with Crippen LogP contribution in [0.5, 0.6) is 11.5 Å². The molecule has 0 spiro atoms. The smallest absolute Gasteiger partial charge is 0.287 e. The van der Waals surface area contributed by atoms with Gasteiger partial charge in [0.05, 0.1) is 11.5 Å². The van der Waals surface area contributed by atoms with E-state index in [1.165, 1.54) is 16.7 Å². The summed E-state index contributed by atoms with van der Waals surface area (Å²) in [4.78, 5) is 27.7. The van der Waals surface area contributed by atoms with Crippen LogP contribution in [0, 0.1) is 0 Å². The number of furan rings is 1. The van der Waals surface area contributed by atoms with Gasteiger partial charge in [-0.3, -0.25) is 14.5 Å². The van der Waals surface area contributed by atoms with E-state index in [1.807, 2.05) is 30.3 Å². The van der Waals surface area contributed by atoms with Crippen molar-refractivity contribution in [2.24, 2.45) is 0 Å². The van der Waals surface area contributed by atoms with E-state index in [-0.39, 0.29) is 44.1 Å². The number of thiocarbonyl (C=S) groups is 1. The molecule has 0 bridgehead atoms. The van der Waals surface area contributed by atoms with Crippen molar-refractivity contribution >= 4 is 57.2 Å². The van der Waals surface area contributed by atoms with Crippen molar-refractivity contribution in [3.8, 4) is 11.5 Å². The third-order valence-corrected chi connectivity index (χ3v) is 6.76. The molecular formula is C24H20N2O6S2. The Hall–Kier alpha value is -3.34. The lowest BCUT2D eigenvalue weighted by molar-refractivity contribution is -0.122. The maximum Gasteiger partial charge on any atom is 0.287 e. The minimum atomic E-state index is -0.371. The van der Waals surface area contributed by atoms with E-state index < -0.39 is 0 Å². The van der Waals surface area contributed by atoms with Crippen molar-refractivity contribution in [3.63, 3.8) is 0 Å². The number of hydrogen-bond donors (Lipinski definition) is 1. The molecule has 0 aliphatic carbocycles. The van der Waals surface area contributed by atoms with Gasteiger partial charge in [-0.05, 0) is 29.8 Å². The predicted octanol–water partition coefficient (Wildman–Crippen LogP) is 3.94. The summed E-state index contributed by atoms with van der Waals surface area (Å²) in [5, 5.41) is 3.65. The number of nitrogens with zero attached hydrogens (tertiary/aromatic N) is 1. The molecule has 2 aliphatic heterocycles. The van der Waals surface area contributed by atoms with Crippen LogP contribution in [0.3, 0.4) is 0 Å². The summed E-state index contributed by atoms with van der Waals surface area (Å²) in [5.41, 5.74) is 2.12. The molecule has 1 N–H and O–H groups in total. The Bertz CT molecular complexity index is 1330. The van der Waals surface area contributed by atoms with Crippen molar-refractivity contribution in [3.05, 3.63) is 64.3 Å². The Morgan fingerprint density at radius 2 is 2.06 bits per heavy atom. The number of thioether (sulfide) groups is 1. The molecule has 8 nitrogen and oxygen atoms in total. The molecule has 0 saturated carbocycles. The van der Waals surface area contributed by atoms with Gasteiger partial charge in [-0.1, -0.05) is 48.2 Å². The number of carbonyl (C=O) groups excluding carboxylic acids is 2. The first-order valence-electron chi connectivity index (χ1n) is 10.5. The number of rotatable bonds is 7. The summed E-state index contributed by atoms with van der Waals surface area (Å²) in [6, 6.07) is 12.9. The number of nitrogens with one attached hydrogen (secondary N) is 1. The molecule has 34 heavy (non-hydrogen) atoms. The highest BCUT2D eigenvalue weighted by molar-refractivity contribution is 8.26. The molecule has 3 aromatic rings. The summed E-state index contributed by atoms with van der Waals surface area (Å²) in [5.74, 6) is 0.954. The van der Waals surface area contributed by atoms with Crippen molar-refractivity contribution in [1.82, 2.24) is 10.2 Å². The van der Waals surface area contributed by atoms with E-state index in [0.29, 0.717) is 31.9 Å². The Morgan fingerprint density at radius 1 is 1.24 bits per heavy atom. The molecule has 2 aliphatic rings. The van der Waals surface area contributed by atoms with E-state index in [4.69, 9.17) is 30.8 Å². The van der Waals surface area contributed by atoms with Crippen molar-refractivity contribution in [2.45, 2.75) is 6.61 Å². The van der Waals surface area contributed by atoms with E-state index in [9.17, 15) is 9.59 Å². The summed E-state index contributed by atoms with van der Waals surface area (Å²) in [6.07, 6.45) is 1.77. The van der Waals surface area contributed by atoms with E-state index in [1.54, 1.807) is 25.3 Å². The Morgan fingerprint density at radius 3 is 2.91 bits per heavy atom. The second kappa shape index (κ2) is 9.49. The highest BCUT2D eigenvalue weighted by Gasteiger charge is 2.32. The summed E-state index contributed by atoms with van der Waals surface area (Å²) < 4.78 is 22.2. The van der Waals surface area contributed by atoms with Gasteiger partial charge in [0, 0.05) is 31.1 Å². The molecule has 1 fully saturated rings. The molecule has 0 atom stereocenters. The number of amides is 2. The molecule has 5 rings (SSSR count). The summed E-state index contributed by atoms with van der Waals surface area (Å²) in [6.45, 7) is 0.896. The largest absolute Gasteiger partial charge is 0.454 e. The van der Waals surface area contributed by atoms with E-state index in [2.05, 4.69) is 5.32 Å². The number of methoxy groups -OCH3 is 1. The lowest BCUT2D eigenvalue weighted by atomic mass is 10.1. The van der Waals surface area contributed by atoms with Gasteiger partial charge >= 0.3 is 0 Å². The number of hydrogen-bond acceptors (Lipinski definition) is 8. The monoisotopic (exact) mass is 496 g/mol. The highest BCUT2D eigenvalue weighted by Crippen LogP contribution is 2.36. The molecule has 0 radical (unpaired) electrons. The quantitative estimate of drug-likeness (QED) is 0.389. The van der Waals surface area contributed by atoms with Gasteiger partial charge in [0.25, 0.3) is 11.8 Å². The van der Waals surface area contributed by atoms with Gasteiger partial charge in [-0.2, -0.15) is 0 Å².